The second-order valence-corrected chi connectivity index (χ2v) is 17.6. The van der Waals surface area contributed by atoms with Crippen LogP contribution in [-0.4, -0.2) is 51.3 Å². The van der Waals surface area contributed by atoms with E-state index in [1.165, 1.54) is 25.0 Å². The van der Waals surface area contributed by atoms with Gasteiger partial charge in [-0.25, -0.2) is 17.9 Å². The first kappa shape index (κ1) is 36.5. The predicted octanol–water partition coefficient (Wildman–Crippen LogP) is 8.26. The number of halogens is 2. The van der Waals surface area contributed by atoms with Crippen molar-refractivity contribution >= 4 is 55.1 Å². The van der Waals surface area contributed by atoms with E-state index in [0.717, 1.165) is 48.7 Å². The number of allylic oxidation sites excluding steroid dienone is 1. The van der Waals surface area contributed by atoms with E-state index in [0.29, 0.717) is 36.0 Å². The van der Waals surface area contributed by atoms with Gasteiger partial charge in [-0.2, -0.15) is 0 Å². The molecule has 1 saturated carbocycles. The molecule has 8 nitrogen and oxygen atoms in total. The SMILES string of the molecule is CC/C=C/[C@H](OC(=O)c1ccc(Br)cc1)[C@@H]1CC[C@H]1CN1C[C@@]2(CCCc3cc(Cl)ccc32)COc2ccc(C(=O)NS(=O)(=O)C(C)C)cc21. The van der Waals surface area contributed by atoms with Crippen molar-refractivity contribution in [2.45, 2.75) is 76.1 Å². The van der Waals surface area contributed by atoms with Gasteiger partial charge >= 0.3 is 5.97 Å². The number of sulfonamides is 1. The molecule has 6 rings (SSSR count). The van der Waals surface area contributed by atoms with Crippen LogP contribution < -0.4 is 14.4 Å². The van der Waals surface area contributed by atoms with Gasteiger partial charge in [0.2, 0.25) is 10.0 Å². The van der Waals surface area contributed by atoms with Crippen molar-refractivity contribution in [3.63, 3.8) is 0 Å². The Labute approximate surface area is 308 Å². The smallest absolute Gasteiger partial charge is 0.338 e. The zero-order valence-corrected chi connectivity index (χ0v) is 31.8. The van der Waals surface area contributed by atoms with Gasteiger partial charge in [0.25, 0.3) is 5.91 Å². The molecule has 1 amide bonds. The maximum atomic E-state index is 13.3. The van der Waals surface area contributed by atoms with Gasteiger partial charge in [-0.15, -0.1) is 0 Å². The number of aryl methyl sites for hydroxylation is 1. The summed E-state index contributed by atoms with van der Waals surface area (Å²) >= 11 is 9.88. The second kappa shape index (κ2) is 15.1. The van der Waals surface area contributed by atoms with Crippen LogP contribution in [0.4, 0.5) is 5.69 Å². The fraction of sp³-hybridized carbons (Fsp3) is 0.436. The van der Waals surface area contributed by atoms with Crippen molar-refractivity contribution in [1.82, 2.24) is 4.72 Å². The van der Waals surface area contributed by atoms with Crippen molar-refractivity contribution in [2.75, 3.05) is 24.6 Å². The fourth-order valence-corrected chi connectivity index (χ4v) is 8.49. The quantitative estimate of drug-likeness (QED) is 0.163. The third-order valence-electron chi connectivity index (χ3n) is 10.4. The highest BCUT2D eigenvalue weighted by Gasteiger charge is 2.45. The highest BCUT2D eigenvalue weighted by molar-refractivity contribution is 9.10. The summed E-state index contributed by atoms with van der Waals surface area (Å²) in [5.74, 6) is -0.101. The molecule has 2 aliphatic carbocycles. The minimum Gasteiger partial charge on any atom is -0.490 e. The molecule has 1 heterocycles. The highest BCUT2D eigenvalue weighted by Crippen LogP contribution is 2.47. The number of benzene rings is 3. The van der Waals surface area contributed by atoms with Gasteiger partial charge in [0.05, 0.1) is 23.1 Å². The molecular weight excluding hydrogens is 740 g/mol. The van der Waals surface area contributed by atoms with Crippen LogP contribution in [0.3, 0.4) is 0 Å². The van der Waals surface area contributed by atoms with E-state index in [2.05, 4.69) is 50.7 Å². The van der Waals surface area contributed by atoms with Gasteiger partial charge in [-0.3, -0.25) is 4.79 Å². The standard InChI is InChI=1S/C39H44BrClN2O6S/c1-4-5-8-35(49-38(45)26-9-13-30(40)14-10-26)32-16-11-29(32)22-43-23-39(19-6-7-27-20-31(41)15-17-33(27)39)24-48-36-18-12-28(21-34(36)43)37(44)42-50(46,47)25(2)3/h5,8-10,12-15,17-18,20-21,25,29,32,35H,4,6-7,11,16,19,22-24H2,1-3H3,(H,42,44)/b8-5+/t29-,32+,35-,39-/m0/s1. The van der Waals surface area contributed by atoms with Crippen LogP contribution in [0.1, 0.15) is 84.7 Å². The van der Waals surface area contributed by atoms with E-state index in [1.807, 2.05) is 24.3 Å². The lowest BCUT2D eigenvalue weighted by atomic mass is 9.68. The number of nitrogens with zero attached hydrogens (tertiary/aromatic N) is 1. The molecular formula is C39H44BrClN2O6S. The molecule has 0 saturated heterocycles. The summed E-state index contributed by atoms with van der Waals surface area (Å²) in [6.07, 6.45) is 9.23. The summed E-state index contributed by atoms with van der Waals surface area (Å²) in [6, 6.07) is 18.5. The minimum absolute atomic E-state index is 0.0980. The van der Waals surface area contributed by atoms with Crippen molar-refractivity contribution in [2.24, 2.45) is 11.8 Å². The number of amides is 1. The van der Waals surface area contributed by atoms with Gasteiger partial charge in [0.1, 0.15) is 11.9 Å². The van der Waals surface area contributed by atoms with Crippen LogP contribution in [-0.2, 0) is 26.6 Å². The molecule has 266 valence electrons. The van der Waals surface area contributed by atoms with Crippen molar-refractivity contribution in [1.29, 1.82) is 0 Å². The number of carbonyl (C=O) groups excluding carboxylic acids is 2. The Balaban J connectivity index is 1.33. The minimum atomic E-state index is -3.82. The van der Waals surface area contributed by atoms with Crippen LogP contribution in [0.2, 0.25) is 5.02 Å². The monoisotopic (exact) mass is 782 g/mol. The van der Waals surface area contributed by atoms with Crippen LogP contribution in [0, 0.1) is 11.8 Å². The van der Waals surface area contributed by atoms with Gasteiger partial charge in [-0.05, 0) is 130 Å². The van der Waals surface area contributed by atoms with Crippen LogP contribution in [0.25, 0.3) is 0 Å². The number of fused-ring (bicyclic) bond motifs is 3. The van der Waals surface area contributed by atoms with Crippen molar-refractivity contribution in [3.05, 3.63) is 105 Å². The topological polar surface area (TPSA) is 102 Å². The average Bonchev–Trinajstić information content (AvgIpc) is 3.22. The zero-order chi connectivity index (χ0) is 35.6. The number of hydrogen-bond donors (Lipinski definition) is 1. The van der Waals surface area contributed by atoms with E-state index in [4.69, 9.17) is 21.1 Å². The first-order valence-electron chi connectivity index (χ1n) is 17.4. The number of ether oxygens (including phenoxy) is 2. The molecule has 0 aromatic heterocycles. The molecule has 0 unspecified atom stereocenters. The number of nitrogens with one attached hydrogen (secondary N) is 1. The fourth-order valence-electron chi connectivity index (χ4n) is 7.42. The van der Waals surface area contributed by atoms with E-state index in [9.17, 15) is 18.0 Å². The molecule has 3 aromatic carbocycles. The van der Waals surface area contributed by atoms with Gasteiger partial charge in [0, 0.05) is 39.5 Å². The first-order chi connectivity index (χ1) is 23.9. The van der Waals surface area contributed by atoms with E-state index < -0.39 is 27.3 Å². The predicted molar refractivity (Wildman–Crippen MR) is 201 cm³/mol. The second-order valence-electron chi connectivity index (χ2n) is 14.0. The molecule has 3 aliphatic rings. The lowest BCUT2D eigenvalue weighted by Crippen LogP contribution is -2.50. The maximum absolute atomic E-state index is 13.3. The number of hydrogen-bond acceptors (Lipinski definition) is 7. The molecule has 4 atom stereocenters. The molecule has 1 fully saturated rings. The summed E-state index contributed by atoms with van der Waals surface area (Å²) in [5.41, 5.74) is 3.62. The molecule has 0 radical (unpaired) electrons. The molecule has 11 heteroatoms. The Bertz CT molecular complexity index is 1880. The van der Waals surface area contributed by atoms with E-state index >= 15 is 0 Å². The number of carbonyl (C=O) groups is 2. The Morgan fingerprint density at radius 3 is 2.56 bits per heavy atom. The third kappa shape index (κ3) is 7.77. The summed E-state index contributed by atoms with van der Waals surface area (Å²) in [7, 11) is -3.82. The third-order valence-corrected chi connectivity index (χ3v) is 12.9. The largest absolute Gasteiger partial charge is 0.490 e. The normalized spacial score (nSPS) is 22.2. The van der Waals surface area contributed by atoms with E-state index in [-0.39, 0.29) is 28.8 Å². The van der Waals surface area contributed by atoms with Crippen LogP contribution in [0.5, 0.6) is 5.75 Å². The molecule has 50 heavy (non-hydrogen) atoms. The molecule has 1 N–H and O–H groups in total. The van der Waals surface area contributed by atoms with Gasteiger partial charge < -0.3 is 14.4 Å². The lowest BCUT2D eigenvalue weighted by Gasteiger charge is -2.46. The highest BCUT2D eigenvalue weighted by atomic mass is 79.9. The first-order valence-corrected chi connectivity index (χ1v) is 20.1. The van der Waals surface area contributed by atoms with Gasteiger partial charge in [0.15, 0.2) is 0 Å². The Morgan fingerprint density at radius 1 is 1.10 bits per heavy atom. The van der Waals surface area contributed by atoms with Gasteiger partial charge in [-0.1, -0.05) is 46.6 Å². The summed E-state index contributed by atoms with van der Waals surface area (Å²) in [6.45, 7) is 6.87. The Hall–Kier alpha value is -3.34. The Morgan fingerprint density at radius 2 is 1.86 bits per heavy atom. The molecule has 1 aliphatic heterocycles. The van der Waals surface area contributed by atoms with Crippen LogP contribution in [0.15, 0.2) is 77.3 Å². The molecule has 0 bridgehead atoms. The number of anilines is 1. The number of esters is 1. The van der Waals surface area contributed by atoms with E-state index in [1.54, 1.807) is 30.3 Å². The summed E-state index contributed by atoms with van der Waals surface area (Å²) in [4.78, 5) is 28.9. The zero-order valence-electron chi connectivity index (χ0n) is 28.7. The maximum Gasteiger partial charge on any atom is 0.338 e. The average molecular weight is 784 g/mol. The lowest BCUT2D eigenvalue weighted by molar-refractivity contribution is -0.00204. The van der Waals surface area contributed by atoms with Crippen LogP contribution >= 0.6 is 27.5 Å². The Kier molecular flexibility index (Phi) is 11.0. The summed E-state index contributed by atoms with van der Waals surface area (Å²) < 4.78 is 41.1. The van der Waals surface area contributed by atoms with Crippen molar-refractivity contribution in [3.8, 4) is 5.75 Å². The molecule has 3 aromatic rings. The summed E-state index contributed by atoms with van der Waals surface area (Å²) in [5, 5.41) is -0.0429. The van der Waals surface area contributed by atoms with Crippen molar-refractivity contribution < 1.29 is 27.5 Å². The molecule has 1 spiro atoms. The number of rotatable bonds is 10.